The Morgan fingerprint density at radius 3 is 2.46 bits per heavy atom. The van der Waals surface area contributed by atoms with E-state index in [2.05, 4.69) is 10.6 Å². The number of amides is 2. The Hall–Kier alpha value is -2.24. The van der Waals surface area contributed by atoms with Crippen molar-refractivity contribution in [3.8, 4) is 0 Å². The molecule has 1 atom stereocenters. The van der Waals surface area contributed by atoms with Gasteiger partial charge in [0.15, 0.2) is 0 Å². The van der Waals surface area contributed by atoms with Crippen LogP contribution >= 0.6 is 0 Å². The summed E-state index contributed by atoms with van der Waals surface area (Å²) in [6.45, 7) is 11.5. The zero-order valence-electron chi connectivity index (χ0n) is 15.3. The van der Waals surface area contributed by atoms with Crippen molar-refractivity contribution < 1.29 is 18.7 Å². The third kappa shape index (κ3) is 6.89. The predicted molar refractivity (Wildman–Crippen MR) is 93.4 cm³/mol. The fourth-order valence-electron chi connectivity index (χ4n) is 1.83. The van der Waals surface area contributed by atoms with E-state index in [1.165, 1.54) is 6.08 Å². The molecule has 0 aliphatic heterocycles. The highest BCUT2D eigenvalue weighted by Crippen LogP contribution is 2.16. The lowest BCUT2D eigenvalue weighted by Crippen LogP contribution is -2.56. The number of hydrogen-bond acceptors (Lipinski definition) is 4. The van der Waals surface area contributed by atoms with Crippen molar-refractivity contribution in [2.75, 3.05) is 6.54 Å². The van der Waals surface area contributed by atoms with Gasteiger partial charge in [-0.1, -0.05) is 13.8 Å². The topological polar surface area (TPSA) is 80.6 Å². The molecule has 6 nitrogen and oxygen atoms in total. The first kappa shape index (κ1) is 19.8. The van der Waals surface area contributed by atoms with E-state index >= 15 is 0 Å². The van der Waals surface area contributed by atoms with Crippen LogP contribution in [-0.2, 0) is 9.53 Å². The van der Waals surface area contributed by atoms with Crippen LogP contribution in [0, 0.1) is 5.92 Å². The van der Waals surface area contributed by atoms with E-state index in [0.717, 1.165) is 0 Å². The maximum Gasteiger partial charge on any atom is 0.407 e. The van der Waals surface area contributed by atoms with Crippen molar-refractivity contribution in [3.05, 3.63) is 30.2 Å². The Balaban J connectivity index is 2.63. The summed E-state index contributed by atoms with van der Waals surface area (Å²) in [5.74, 6) is 0.449. The first-order chi connectivity index (χ1) is 11.0. The number of nitrogens with one attached hydrogen (secondary N) is 2. The molecule has 1 heterocycles. The number of carbonyl (C=O) groups is 2. The molecule has 0 fully saturated rings. The molecule has 2 amide bonds. The SMILES string of the molecule is CC(C)C(C)(CNC(=O)OC(C)(C)C)NC(=O)C=Cc1ccco1. The Bertz CT molecular complexity index is 570. The van der Waals surface area contributed by atoms with Gasteiger partial charge in [-0.25, -0.2) is 4.79 Å². The van der Waals surface area contributed by atoms with Crippen LogP contribution in [0.15, 0.2) is 28.9 Å². The van der Waals surface area contributed by atoms with Gasteiger partial charge in [-0.15, -0.1) is 0 Å². The van der Waals surface area contributed by atoms with Crippen LogP contribution < -0.4 is 10.6 Å². The molecule has 2 N–H and O–H groups in total. The molecule has 1 rings (SSSR count). The average Bonchev–Trinajstić information content (AvgIpc) is 2.94. The Morgan fingerprint density at radius 2 is 1.96 bits per heavy atom. The minimum Gasteiger partial charge on any atom is -0.465 e. The van der Waals surface area contributed by atoms with Gasteiger partial charge in [0.1, 0.15) is 11.4 Å². The van der Waals surface area contributed by atoms with E-state index in [4.69, 9.17) is 9.15 Å². The normalized spacial score (nSPS) is 14.5. The van der Waals surface area contributed by atoms with Gasteiger partial charge in [-0.05, 0) is 51.8 Å². The first-order valence-corrected chi connectivity index (χ1v) is 8.02. The molecule has 0 saturated heterocycles. The van der Waals surface area contributed by atoms with Crippen molar-refractivity contribution in [3.63, 3.8) is 0 Å². The monoisotopic (exact) mass is 336 g/mol. The summed E-state index contributed by atoms with van der Waals surface area (Å²) in [5.41, 5.74) is -1.17. The summed E-state index contributed by atoms with van der Waals surface area (Å²) < 4.78 is 10.4. The summed E-state index contributed by atoms with van der Waals surface area (Å²) in [7, 11) is 0. The minimum atomic E-state index is -0.610. The molecular weight excluding hydrogens is 308 g/mol. The zero-order chi connectivity index (χ0) is 18.4. The largest absolute Gasteiger partial charge is 0.465 e. The van der Waals surface area contributed by atoms with Crippen LogP contribution in [0.25, 0.3) is 6.08 Å². The molecule has 0 bridgehead atoms. The standard InChI is InChI=1S/C18H28N2O4/c1-13(2)18(6,12-19-16(22)24-17(3,4)5)20-15(21)10-9-14-8-7-11-23-14/h7-11,13H,12H2,1-6H3,(H,19,22)(H,20,21). The molecule has 0 aliphatic rings. The molecule has 134 valence electrons. The lowest BCUT2D eigenvalue weighted by Gasteiger charge is -2.35. The fraction of sp³-hybridized carbons (Fsp3) is 0.556. The summed E-state index contributed by atoms with van der Waals surface area (Å²) in [4.78, 5) is 24.0. The number of rotatable bonds is 6. The third-order valence-electron chi connectivity index (χ3n) is 3.62. The maximum atomic E-state index is 12.1. The number of ether oxygens (including phenoxy) is 1. The summed E-state index contributed by atoms with van der Waals surface area (Å²) in [5, 5.41) is 5.65. The van der Waals surface area contributed by atoms with E-state index in [1.807, 2.05) is 20.8 Å². The van der Waals surface area contributed by atoms with Crippen molar-refractivity contribution >= 4 is 18.1 Å². The highest BCUT2D eigenvalue weighted by molar-refractivity contribution is 5.92. The summed E-state index contributed by atoms with van der Waals surface area (Å²) >= 11 is 0. The molecule has 0 saturated carbocycles. The van der Waals surface area contributed by atoms with Gasteiger partial charge in [0.2, 0.25) is 5.91 Å². The molecule has 0 radical (unpaired) electrons. The molecule has 1 aromatic rings. The fourth-order valence-corrected chi connectivity index (χ4v) is 1.83. The molecule has 1 unspecified atom stereocenters. The van der Waals surface area contributed by atoms with Crippen LogP contribution in [0.2, 0.25) is 0 Å². The van der Waals surface area contributed by atoms with Crippen LogP contribution in [0.4, 0.5) is 4.79 Å². The van der Waals surface area contributed by atoms with Crippen LogP contribution in [0.3, 0.4) is 0 Å². The summed E-state index contributed by atoms with van der Waals surface area (Å²) in [6, 6.07) is 3.51. The van der Waals surface area contributed by atoms with Crippen LogP contribution in [0.1, 0.15) is 47.3 Å². The molecule has 1 aromatic heterocycles. The van der Waals surface area contributed by atoms with Gasteiger partial charge >= 0.3 is 6.09 Å². The maximum absolute atomic E-state index is 12.1. The number of furan rings is 1. The van der Waals surface area contributed by atoms with E-state index in [9.17, 15) is 9.59 Å². The van der Waals surface area contributed by atoms with Gasteiger partial charge < -0.3 is 19.8 Å². The molecule has 0 spiro atoms. The van der Waals surface area contributed by atoms with E-state index in [0.29, 0.717) is 5.76 Å². The number of hydrogen-bond donors (Lipinski definition) is 2. The van der Waals surface area contributed by atoms with E-state index < -0.39 is 17.2 Å². The van der Waals surface area contributed by atoms with Gasteiger partial charge in [-0.3, -0.25) is 4.79 Å². The van der Waals surface area contributed by atoms with E-state index in [1.54, 1.807) is 45.2 Å². The lowest BCUT2D eigenvalue weighted by molar-refractivity contribution is -0.118. The van der Waals surface area contributed by atoms with Crippen molar-refractivity contribution in [2.45, 2.75) is 52.7 Å². The molecule has 0 aliphatic carbocycles. The summed E-state index contributed by atoms with van der Waals surface area (Å²) in [6.07, 6.45) is 4.04. The second-order valence-corrected chi connectivity index (χ2v) is 7.27. The average molecular weight is 336 g/mol. The van der Waals surface area contributed by atoms with Crippen LogP contribution in [0.5, 0.6) is 0 Å². The van der Waals surface area contributed by atoms with Crippen molar-refractivity contribution in [1.29, 1.82) is 0 Å². The Morgan fingerprint density at radius 1 is 1.29 bits per heavy atom. The second-order valence-electron chi connectivity index (χ2n) is 7.27. The van der Waals surface area contributed by atoms with Gasteiger partial charge in [0, 0.05) is 12.6 Å². The smallest absolute Gasteiger partial charge is 0.407 e. The second kappa shape index (κ2) is 8.04. The molecule has 6 heteroatoms. The highest BCUT2D eigenvalue weighted by Gasteiger charge is 2.31. The van der Waals surface area contributed by atoms with Gasteiger partial charge in [-0.2, -0.15) is 0 Å². The molecular formula is C18H28N2O4. The highest BCUT2D eigenvalue weighted by atomic mass is 16.6. The third-order valence-corrected chi connectivity index (χ3v) is 3.62. The van der Waals surface area contributed by atoms with Crippen molar-refractivity contribution in [1.82, 2.24) is 10.6 Å². The van der Waals surface area contributed by atoms with E-state index in [-0.39, 0.29) is 18.4 Å². The predicted octanol–water partition coefficient (Wildman–Crippen LogP) is 3.35. The molecule has 24 heavy (non-hydrogen) atoms. The van der Waals surface area contributed by atoms with Gasteiger partial charge in [0.05, 0.1) is 11.8 Å². The quantitative estimate of drug-likeness (QED) is 0.781. The lowest BCUT2D eigenvalue weighted by atomic mass is 9.88. The molecule has 0 aromatic carbocycles. The number of alkyl carbamates (subject to hydrolysis) is 1. The Kier molecular flexibility index (Phi) is 6.63. The first-order valence-electron chi connectivity index (χ1n) is 8.02. The minimum absolute atomic E-state index is 0.105. The van der Waals surface area contributed by atoms with Crippen LogP contribution in [-0.4, -0.2) is 29.7 Å². The zero-order valence-corrected chi connectivity index (χ0v) is 15.3. The Labute approximate surface area is 143 Å². The van der Waals surface area contributed by atoms with Gasteiger partial charge in [0.25, 0.3) is 0 Å². The van der Waals surface area contributed by atoms with Crippen molar-refractivity contribution in [2.24, 2.45) is 5.92 Å². The number of carbonyl (C=O) groups excluding carboxylic acids is 2.